The topological polar surface area (TPSA) is 75.8 Å². The molecule has 4 rings (SSSR count). The number of hydrogen-bond acceptors (Lipinski definition) is 3. The lowest BCUT2D eigenvalue weighted by molar-refractivity contribution is -0.117. The second-order valence-corrected chi connectivity index (χ2v) is 10.5. The van der Waals surface area contributed by atoms with Crippen LogP contribution >= 0.6 is 0 Å². The predicted octanol–water partition coefficient (Wildman–Crippen LogP) is 2.42. The first-order valence-electron chi connectivity index (χ1n) is 10.3. The van der Waals surface area contributed by atoms with Crippen molar-refractivity contribution in [2.45, 2.75) is 57.8 Å². The van der Waals surface area contributed by atoms with Crippen molar-refractivity contribution in [2.24, 2.45) is 15.4 Å². The van der Waals surface area contributed by atoms with Gasteiger partial charge in [-0.1, -0.05) is 6.07 Å². The molecule has 2 aliphatic carbocycles. The van der Waals surface area contributed by atoms with Gasteiger partial charge in [0.2, 0.25) is 0 Å². The zero-order valence-electron chi connectivity index (χ0n) is 16.3. The van der Waals surface area contributed by atoms with Crippen LogP contribution in [0.2, 0.25) is 0 Å². The Kier molecular flexibility index (Phi) is 5.41. The largest absolute Gasteiger partial charge is 0.306 e. The maximum Gasteiger partial charge on any atom is 0.259 e. The Balaban J connectivity index is 1.51. The minimum absolute atomic E-state index is 0.271. The summed E-state index contributed by atoms with van der Waals surface area (Å²) in [5.41, 5.74) is 6.73. The molecule has 1 amide bonds. The molecule has 1 heterocycles. The molecule has 0 radical (unpaired) electrons. The summed E-state index contributed by atoms with van der Waals surface area (Å²) in [5, 5.41) is 5.99. The number of likely N-dealkylation sites (tertiary alicyclic amines) is 1. The van der Waals surface area contributed by atoms with Gasteiger partial charge in [0.25, 0.3) is 5.91 Å². The van der Waals surface area contributed by atoms with Gasteiger partial charge in [-0.25, -0.2) is 9.35 Å². The van der Waals surface area contributed by atoms with Crippen LogP contribution in [0.5, 0.6) is 0 Å². The summed E-state index contributed by atoms with van der Waals surface area (Å²) in [7, 11) is -0.841. The van der Waals surface area contributed by atoms with Crippen molar-refractivity contribution in [1.82, 2.24) is 4.90 Å². The van der Waals surface area contributed by atoms with Crippen molar-refractivity contribution in [1.29, 1.82) is 0 Å². The molecule has 0 aromatic heterocycles. The molecule has 0 saturated carbocycles. The summed E-state index contributed by atoms with van der Waals surface area (Å²) in [6.45, 7) is 1.99. The summed E-state index contributed by atoms with van der Waals surface area (Å²) in [6.07, 6.45) is 8.91. The average Bonchev–Trinajstić information content (AvgIpc) is 3.25. The van der Waals surface area contributed by atoms with Crippen LogP contribution in [0.3, 0.4) is 0 Å². The highest BCUT2D eigenvalue weighted by Gasteiger charge is 2.26. The first-order valence-corrected chi connectivity index (χ1v) is 12.1. The minimum atomic E-state index is -2.94. The fourth-order valence-electron chi connectivity index (χ4n) is 5.11. The van der Waals surface area contributed by atoms with E-state index in [0.717, 1.165) is 51.6 Å². The lowest BCUT2D eigenvalue weighted by atomic mass is 9.92. The van der Waals surface area contributed by atoms with Gasteiger partial charge < -0.3 is 4.90 Å². The molecule has 1 fully saturated rings. The zero-order chi connectivity index (χ0) is 19.0. The second-order valence-electron chi connectivity index (χ2n) is 8.60. The highest BCUT2D eigenvalue weighted by atomic mass is 32.2. The third-order valence-electron chi connectivity index (χ3n) is 6.50. The van der Waals surface area contributed by atoms with Crippen LogP contribution in [0.15, 0.2) is 10.4 Å². The van der Waals surface area contributed by atoms with Crippen molar-refractivity contribution < 1.29 is 9.00 Å². The van der Waals surface area contributed by atoms with Gasteiger partial charge in [0.1, 0.15) is 9.92 Å². The molecule has 1 saturated heterocycles. The van der Waals surface area contributed by atoms with E-state index in [9.17, 15) is 9.00 Å². The Labute approximate surface area is 163 Å². The van der Waals surface area contributed by atoms with E-state index in [4.69, 9.17) is 5.14 Å². The molecule has 1 aliphatic heterocycles. The summed E-state index contributed by atoms with van der Waals surface area (Å²) in [5.74, 6) is 0.350. The predicted molar refractivity (Wildman–Crippen MR) is 109 cm³/mol. The molecule has 3 aliphatic rings. The summed E-state index contributed by atoms with van der Waals surface area (Å²) in [4.78, 5) is 15.0. The van der Waals surface area contributed by atoms with Crippen LogP contribution in [0.1, 0.15) is 53.5 Å². The third kappa shape index (κ3) is 4.28. The molecule has 0 bridgehead atoms. The van der Waals surface area contributed by atoms with E-state index in [-0.39, 0.29) is 12.3 Å². The van der Waals surface area contributed by atoms with Crippen molar-refractivity contribution in [3.05, 3.63) is 33.9 Å². The number of amides is 1. The van der Waals surface area contributed by atoms with Gasteiger partial charge in [-0.15, -0.1) is 4.36 Å². The van der Waals surface area contributed by atoms with Crippen LogP contribution in [0.25, 0.3) is 0 Å². The number of benzene rings is 1. The van der Waals surface area contributed by atoms with Gasteiger partial charge in [-0.2, -0.15) is 0 Å². The zero-order valence-corrected chi connectivity index (χ0v) is 17.2. The van der Waals surface area contributed by atoms with Gasteiger partial charge in [-0.3, -0.25) is 4.79 Å². The molecule has 5 nitrogen and oxygen atoms in total. The van der Waals surface area contributed by atoms with Crippen LogP contribution in [-0.2, 0) is 46.8 Å². The van der Waals surface area contributed by atoms with Gasteiger partial charge in [-0.05, 0) is 105 Å². The molecule has 6 heteroatoms. The molecule has 1 aromatic carbocycles. The number of carbonyl (C=O) groups excluding carboxylic acids is 1. The number of nitrogens with two attached hydrogens (primary N) is 1. The number of fused-ring (bicyclic) bond motifs is 2. The van der Waals surface area contributed by atoms with Gasteiger partial charge in [0.15, 0.2) is 0 Å². The van der Waals surface area contributed by atoms with E-state index in [1.807, 2.05) is 0 Å². The summed E-state index contributed by atoms with van der Waals surface area (Å²) < 4.78 is 16.8. The Morgan fingerprint density at radius 1 is 1.15 bits per heavy atom. The van der Waals surface area contributed by atoms with Crippen molar-refractivity contribution >= 4 is 15.8 Å². The van der Waals surface area contributed by atoms with E-state index >= 15 is 0 Å². The Morgan fingerprint density at radius 2 is 1.74 bits per heavy atom. The van der Waals surface area contributed by atoms with Crippen molar-refractivity contribution in [2.75, 3.05) is 25.9 Å². The number of hydrogen-bond donors (Lipinski definition) is 1. The fourth-order valence-corrected chi connectivity index (χ4v) is 6.60. The van der Waals surface area contributed by atoms with E-state index in [0.29, 0.717) is 11.7 Å². The first kappa shape index (κ1) is 19.1. The fraction of sp³-hybridized carbons (Fsp3) is 0.667. The van der Waals surface area contributed by atoms with Crippen molar-refractivity contribution in [3.63, 3.8) is 0 Å². The monoisotopic (exact) mass is 389 g/mol. The highest BCUT2D eigenvalue weighted by Crippen LogP contribution is 2.35. The lowest BCUT2D eigenvalue weighted by Crippen LogP contribution is -2.34. The summed E-state index contributed by atoms with van der Waals surface area (Å²) >= 11 is 0. The second kappa shape index (κ2) is 7.64. The molecule has 0 spiro atoms. The number of nitrogens with zero attached hydrogens (tertiary/aromatic N) is 2. The Hall–Kier alpha value is -1.24. The van der Waals surface area contributed by atoms with Gasteiger partial charge >= 0.3 is 0 Å². The molecule has 148 valence electrons. The minimum Gasteiger partial charge on any atom is -0.306 e. The first-order chi connectivity index (χ1) is 12.9. The third-order valence-corrected chi connectivity index (χ3v) is 7.96. The maximum absolute atomic E-state index is 12.8. The quantitative estimate of drug-likeness (QED) is 0.859. The van der Waals surface area contributed by atoms with Crippen molar-refractivity contribution in [3.8, 4) is 0 Å². The molecular weight excluding hydrogens is 358 g/mol. The molecule has 27 heavy (non-hydrogen) atoms. The van der Waals surface area contributed by atoms with Crippen LogP contribution in [0, 0.1) is 5.92 Å². The molecular formula is C21H31N3O2S. The van der Waals surface area contributed by atoms with Crippen LogP contribution in [-0.4, -0.2) is 40.9 Å². The highest BCUT2D eigenvalue weighted by molar-refractivity contribution is 7.91. The summed E-state index contributed by atoms with van der Waals surface area (Å²) in [6, 6.07) is 2.36. The smallest absolute Gasteiger partial charge is 0.259 e. The van der Waals surface area contributed by atoms with Gasteiger partial charge in [0, 0.05) is 5.75 Å². The van der Waals surface area contributed by atoms with Crippen LogP contribution < -0.4 is 5.14 Å². The van der Waals surface area contributed by atoms with E-state index in [1.54, 1.807) is 0 Å². The molecule has 1 aromatic rings. The number of rotatable bonds is 4. The average molecular weight is 390 g/mol. The molecule has 1 atom stereocenters. The Bertz CT molecular complexity index is 830. The van der Waals surface area contributed by atoms with E-state index in [1.165, 1.54) is 40.7 Å². The lowest BCUT2D eigenvalue weighted by Gasteiger charge is -2.28. The van der Waals surface area contributed by atoms with Gasteiger partial charge in [0.05, 0.1) is 6.42 Å². The number of piperidine rings is 1. The number of carbonyl (C=O) groups is 1. The normalized spacial score (nSPS) is 22.3. The van der Waals surface area contributed by atoms with Crippen LogP contribution in [0.4, 0.5) is 0 Å². The molecule has 1 unspecified atom stereocenters. The maximum atomic E-state index is 12.8. The van der Waals surface area contributed by atoms with E-state index in [2.05, 4.69) is 22.4 Å². The Morgan fingerprint density at radius 3 is 2.33 bits per heavy atom. The molecule has 2 N–H and O–H groups in total. The standard InChI is InChI=1S/C21H31N3O2S/c1-24-10-8-15(9-11-24)14-27(22,26)23-21(25)13-20-18-6-2-4-16(18)12-17-5-3-7-19(17)20/h12,15H,2-11,13-14H2,1H3,(H2,22,23,25,26). The van der Waals surface area contributed by atoms with E-state index < -0.39 is 9.92 Å². The SMILES string of the molecule is CN1CCC(CS(N)(=O)=NC(=O)Cc2c3c(cc4c2CCC4)CCC3)CC1. The number of aryl methyl sites for hydroxylation is 2.